The summed E-state index contributed by atoms with van der Waals surface area (Å²) in [4.78, 5) is 18.2. The number of piperidine rings is 2. The van der Waals surface area contributed by atoms with E-state index in [0.717, 1.165) is 43.7 Å². The molecule has 4 aliphatic heterocycles. The van der Waals surface area contributed by atoms with Crippen molar-refractivity contribution in [3.05, 3.63) is 34.3 Å². The second kappa shape index (κ2) is 4.15. The first-order chi connectivity index (χ1) is 9.52. The number of Topliss-reactive ketones (excluding diaryl/α,β-unsaturated/α-hetero) is 1. The summed E-state index contributed by atoms with van der Waals surface area (Å²) in [5.41, 5.74) is 0.677. The Balaban J connectivity index is 1.87. The minimum Gasteiger partial charge on any atom is -0.300 e. The van der Waals surface area contributed by atoms with Gasteiger partial charge in [-0.3, -0.25) is 14.6 Å². The van der Waals surface area contributed by atoms with Crippen LogP contribution in [-0.2, 0) is 10.2 Å². The van der Waals surface area contributed by atoms with Crippen molar-refractivity contribution in [2.75, 3.05) is 39.3 Å². The Labute approximate surface area is 128 Å². The van der Waals surface area contributed by atoms with E-state index in [1.54, 1.807) is 0 Å². The van der Waals surface area contributed by atoms with Crippen LogP contribution in [0.1, 0.15) is 12.5 Å². The van der Waals surface area contributed by atoms with Crippen molar-refractivity contribution in [3.8, 4) is 0 Å². The Kier molecular flexibility index (Phi) is 2.70. The third kappa shape index (κ3) is 1.68. The summed E-state index contributed by atoms with van der Waals surface area (Å²) < 4.78 is 1.07. The predicted octanol–water partition coefficient (Wildman–Crippen LogP) is 1.91. The summed E-state index contributed by atoms with van der Waals surface area (Å²) >= 11 is 3.49. The molecular formula is C16H19BrN2O. The Hall–Kier alpha value is -0.710. The van der Waals surface area contributed by atoms with E-state index in [2.05, 4.69) is 56.9 Å². The third-order valence-electron chi connectivity index (χ3n) is 5.24. The molecule has 1 aromatic rings. The predicted molar refractivity (Wildman–Crippen MR) is 81.8 cm³/mol. The number of benzene rings is 1. The molecular weight excluding hydrogens is 316 g/mol. The summed E-state index contributed by atoms with van der Waals surface area (Å²) in [6, 6.07) is 8.37. The van der Waals surface area contributed by atoms with Gasteiger partial charge in [0.2, 0.25) is 0 Å². The van der Waals surface area contributed by atoms with Gasteiger partial charge in [-0.2, -0.15) is 0 Å². The molecule has 0 spiro atoms. The number of ketones is 1. The molecule has 0 saturated carbocycles. The van der Waals surface area contributed by atoms with Crippen molar-refractivity contribution in [1.82, 2.24) is 9.80 Å². The first-order valence-electron chi connectivity index (χ1n) is 7.28. The second-order valence-corrected chi connectivity index (χ2v) is 7.82. The fourth-order valence-electron chi connectivity index (χ4n) is 4.51. The van der Waals surface area contributed by atoms with E-state index in [1.807, 2.05) is 0 Å². The second-order valence-electron chi connectivity index (χ2n) is 6.90. The standard InChI is InChI=1S/C16H19BrN2O/c1-15-8-18-6-7-19(9-15)11-16(10-18,14(15)20)12-2-4-13(17)5-3-12/h2-5H,6-11H2,1H3. The van der Waals surface area contributed by atoms with Crippen LogP contribution >= 0.6 is 15.9 Å². The fourth-order valence-corrected chi connectivity index (χ4v) is 4.77. The van der Waals surface area contributed by atoms with Gasteiger partial charge in [-0.1, -0.05) is 35.0 Å². The van der Waals surface area contributed by atoms with Crippen LogP contribution < -0.4 is 0 Å². The molecule has 4 heterocycles. The van der Waals surface area contributed by atoms with Crippen molar-refractivity contribution in [2.45, 2.75) is 12.3 Å². The highest BCUT2D eigenvalue weighted by Gasteiger charge is 2.59. The molecule has 4 bridgehead atoms. The maximum Gasteiger partial charge on any atom is 0.154 e. The number of carbonyl (C=O) groups is 1. The normalized spacial score (nSPS) is 42.8. The van der Waals surface area contributed by atoms with E-state index < -0.39 is 0 Å². The van der Waals surface area contributed by atoms with Crippen molar-refractivity contribution in [1.29, 1.82) is 0 Å². The smallest absolute Gasteiger partial charge is 0.154 e. The molecule has 0 aliphatic carbocycles. The molecule has 0 aromatic heterocycles. The van der Waals surface area contributed by atoms with Gasteiger partial charge in [-0.25, -0.2) is 0 Å². The lowest BCUT2D eigenvalue weighted by Crippen LogP contribution is -2.68. The number of hydrogen-bond donors (Lipinski definition) is 0. The summed E-state index contributed by atoms with van der Waals surface area (Å²) in [5, 5.41) is 0. The number of rotatable bonds is 1. The third-order valence-corrected chi connectivity index (χ3v) is 5.77. The summed E-state index contributed by atoms with van der Waals surface area (Å²) in [5.74, 6) is 0.460. The zero-order valence-corrected chi connectivity index (χ0v) is 13.3. The molecule has 0 radical (unpaired) electrons. The molecule has 4 fully saturated rings. The molecule has 3 nitrogen and oxygen atoms in total. The van der Waals surface area contributed by atoms with Crippen molar-refractivity contribution in [2.24, 2.45) is 5.41 Å². The van der Waals surface area contributed by atoms with Gasteiger partial charge < -0.3 is 0 Å². The van der Waals surface area contributed by atoms with Crippen LogP contribution in [-0.4, -0.2) is 54.9 Å². The van der Waals surface area contributed by atoms with Crippen LogP contribution in [0, 0.1) is 5.41 Å². The molecule has 1 aromatic carbocycles. The Morgan fingerprint density at radius 2 is 1.55 bits per heavy atom. The van der Waals surface area contributed by atoms with E-state index >= 15 is 0 Å². The quantitative estimate of drug-likeness (QED) is 0.783. The van der Waals surface area contributed by atoms with Gasteiger partial charge >= 0.3 is 0 Å². The van der Waals surface area contributed by atoms with Crippen LogP contribution in [0.2, 0.25) is 0 Å². The summed E-state index contributed by atoms with van der Waals surface area (Å²) in [6.07, 6.45) is 0. The lowest BCUT2D eigenvalue weighted by atomic mass is 9.61. The number of nitrogens with zero attached hydrogens (tertiary/aromatic N) is 2. The number of hydrogen-bond acceptors (Lipinski definition) is 3. The van der Waals surface area contributed by atoms with Crippen LogP contribution in [0.4, 0.5) is 0 Å². The minimum atomic E-state index is -0.317. The zero-order chi connectivity index (χ0) is 14.0. The first-order valence-corrected chi connectivity index (χ1v) is 8.07. The van der Waals surface area contributed by atoms with Gasteiger partial charge in [0.25, 0.3) is 0 Å². The molecule has 106 valence electrons. The molecule has 4 heteroatoms. The van der Waals surface area contributed by atoms with Gasteiger partial charge in [0, 0.05) is 43.7 Å². The zero-order valence-electron chi connectivity index (χ0n) is 11.7. The number of fused-ring (bicyclic) bond motifs is 1. The molecule has 2 atom stereocenters. The highest BCUT2D eigenvalue weighted by atomic mass is 79.9. The highest BCUT2D eigenvalue weighted by molar-refractivity contribution is 9.10. The van der Waals surface area contributed by atoms with Gasteiger partial charge in [-0.05, 0) is 17.7 Å². The van der Waals surface area contributed by atoms with Crippen LogP contribution in [0.5, 0.6) is 0 Å². The van der Waals surface area contributed by atoms with E-state index in [9.17, 15) is 4.79 Å². The van der Waals surface area contributed by atoms with Crippen LogP contribution in [0.15, 0.2) is 28.7 Å². The van der Waals surface area contributed by atoms with E-state index in [4.69, 9.17) is 0 Å². The average molecular weight is 335 g/mol. The van der Waals surface area contributed by atoms with Gasteiger partial charge in [0.05, 0.1) is 10.8 Å². The molecule has 4 aliphatic rings. The molecule has 4 saturated heterocycles. The minimum absolute atomic E-state index is 0.194. The molecule has 0 amide bonds. The lowest BCUT2D eigenvalue weighted by molar-refractivity contribution is -0.146. The molecule has 5 rings (SSSR count). The topological polar surface area (TPSA) is 23.6 Å². The highest BCUT2D eigenvalue weighted by Crippen LogP contribution is 2.45. The van der Waals surface area contributed by atoms with E-state index in [1.165, 1.54) is 5.56 Å². The van der Waals surface area contributed by atoms with E-state index in [-0.39, 0.29) is 10.8 Å². The van der Waals surface area contributed by atoms with Crippen LogP contribution in [0.3, 0.4) is 0 Å². The van der Waals surface area contributed by atoms with Crippen LogP contribution in [0.25, 0.3) is 0 Å². The van der Waals surface area contributed by atoms with Gasteiger partial charge in [0.1, 0.15) is 0 Å². The summed E-state index contributed by atoms with van der Waals surface area (Å²) in [7, 11) is 0. The molecule has 20 heavy (non-hydrogen) atoms. The monoisotopic (exact) mass is 334 g/mol. The van der Waals surface area contributed by atoms with Crippen molar-refractivity contribution < 1.29 is 4.79 Å². The largest absolute Gasteiger partial charge is 0.300 e. The van der Waals surface area contributed by atoms with E-state index in [0.29, 0.717) is 5.78 Å². The van der Waals surface area contributed by atoms with Gasteiger partial charge in [-0.15, -0.1) is 0 Å². The lowest BCUT2D eigenvalue weighted by Gasteiger charge is -2.53. The number of halogens is 1. The maximum absolute atomic E-state index is 13.2. The Morgan fingerprint density at radius 1 is 1.00 bits per heavy atom. The molecule has 0 N–H and O–H groups in total. The SMILES string of the molecule is CC12CN3CCN(C1)CC(c1ccc(Br)cc1)(C3)C2=O. The first kappa shape index (κ1) is 13.0. The van der Waals surface area contributed by atoms with Gasteiger partial charge in [0.15, 0.2) is 5.78 Å². The number of carbonyl (C=O) groups excluding carboxylic acids is 1. The van der Waals surface area contributed by atoms with Crippen molar-refractivity contribution in [3.63, 3.8) is 0 Å². The summed E-state index contributed by atoms with van der Waals surface area (Å²) in [6.45, 7) is 8.00. The van der Waals surface area contributed by atoms with Crippen molar-refractivity contribution >= 4 is 21.7 Å². The molecule has 2 unspecified atom stereocenters. The average Bonchev–Trinajstić information content (AvgIpc) is 2.63. The maximum atomic E-state index is 13.2. The Bertz CT molecular complexity index is 552. The Morgan fingerprint density at radius 3 is 2.10 bits per heavy atom. The fraction of sp³-hybridized carbons (Fsp3) is 0.562.